The molecule has 2 atom stereocenters. The molecule has 0 aromatic heterocycles. The Morgan fingerprint density at radius 3 is 2.41 bits per heavy atom. The van der Waals surface area contributed by atoms with Crippen molar-refractivity contribution in [2.45, 2.75) is 11.3 Å². The molecule has 0 spiro atoms. The molecule has 0 bridgehead atoms. The van der Waals surface area contributed by atoms with Crippen molar-refractivity contribution >= 4 is 44.3 Å². The zero-order valence-electron chi connectivity index (χ0n) is 16.8. The van der Waals surface area contributed by atoms with Crippen LogP contribution in [0.1, 0.15) is 0 Å². The first-order valence-electron chi connectivity index (χ1n) is 9.71. The second kappa shape index (κ2) is 9.31. The van der Waals surface area contributed by atoms with Crippen LogP contribution in [0.3, 0.4) is 0 Å². The van der Waals surface area contributed by atoms with Crippen LogP contribution in [0.25, 0.3) is 0 Å². The molecule has 32 heavy (non-hydrogen) atoms. The molecule has 0 radical (unpaired) electrons. The molecule has 2 heterocycles. The Hall–Kier alpha value is -2.89. The fourth-order valence-electron chi connectivity index (χ4n) is 3.53. The normalized spacial score (nSPS) is 22.6. The van der Waals surface area contributed by atoms with Crippen LogP contribution in [0, 0.1) is 0 Å². The second-order valence-corrected chi connectivity index (χ2v) is 10.6. The smallest absolute Gasteiger partial charge is 0.329 e. The number of sulfone groups is 1. The summed E-state index contributed by atoms with van der Waals surface area (Å²) < 4.78 is 35.0. The monoisotopic (exact) mass is 476 g/mol. The average molecular weight is 477 g/mol. The van der Waals surface area contributed by atoms with Crippen LogP contribution in [0.4, 0.5) is 5.69 Å². The van der Waals surface area contributed by atoms with Gasteiger partial charge >= 0.3 is 5.97 Å². The van der Waals surface area contributed by atoms with Gasteiger partial charge in [-0.15, -0.1) is 0 Å². The quantitative estimate of drug-likeness (QED) is 0.640. The minimum Gasteiger partial charge on any atom is -0.480 e. The van der Waals surface area contributed by atoms with E-state index in [2.05, 4.69) is 4.99 Å². The zero-order valence-corrected chi connectivity index (χ0v) is 18.4. The summed E-state index contributed by atoms with van der Waals surface area (Å²) in [6, 6.07) is 16.0. The van der Waals surface area contributed by atoms with E-state index in [1.807, 2.05) is 30.3 Å². The summed E-state index contributed by atoms with van der Waals surface area (Å²) in [6.07, 6.45) is 0. The van der Waals surface area contributed by atoms with Crippen molar-refractivity contribution in [1.82, 2.24) is 0 Å². The van der Waals surface area contributed by atoms with Crippen molar-refractivity contribution in [2.24, 2.45) is 4.99 Å². The first-order valence-corrected chi connectivity index (χ1v) is 12.4. The molecule has 2 aliphatic heterocycles. The summed E-state index contributed by atoms with van der Waals surface area (Å²) in [5, 5.41) is 8.75. The van der Waals surface area contributed by atoms with Gasteiger partial charge in [-0.3, -0.25) is 4.79 Å². The predicted molar refractivity (Wildman–Crippen MR) is 120 cm³/mol. The maximum atomic E-state index is 12.2. The minimum absolute atomic E-state index is 0.0107. The first-order chi connectivity index (χ1) is 15.3. The van der Waals surface area contributed by atoms with Gasteiger partial charge in [0.05, 0.1) is 17.5 Å². The molecule has 2 aromatic rings. The number of carboxylic acid groups (broad SMARTS) is 1. The molecule has 9 nitrogen and oxygen atoms in total. The molecule has 168 valence electrons. The topological polar surface area (TPSA) is 123 Å². The number of carboxylic acids is 1. The summed E-state index contributed by atoms with van der Waals surface area (Å²) >= 11 is 1.23. The number of aliphatic imine (C=N–C) groups is 1. The molecule has 1 N–H and O–H groups in total. The van der Waals surface area contributed by atoms with Crippen LogP contribution in [-0.4, -0.2) is 66.6 Å². The number of anilines is 1. The predicted octanol–water partition coefficient (Wildman–Crippen LogP) is 2.18. The Bertz CT molecular complexity index is 1130. The van der Waals surface area contributed by atoms with Gasteiger partial charge in [0.1, 0.15) is 24.7 Å². The number of fused-ring (bicyclic) bond motifs is 1. The Morgan fingerprint density at radius 2 is 1.72 bits per heavy atom. The molecule has 0 aliphatic carbocycles. The van der Waals surface area contributed by atoms with Gasteiger partial charge in [0, 0.05) is 10.9 Å². The third kappa shape index (κ3) is 5.29. The van der Waals surface area contributed by atoms with Crippen LogP contribution >= 0.6 is 11.8 Å². The highest BCUT2D eigenvalue weighted by molar-refractivity contribution is 8.16. The summed E-state index contributed by atoms with van der Waals surface area (Å²) in [7, 11) is -3.19. The highest BCUT2D eigenvalue weighted by Gasteiger charge is 2.49. The lowest BCUT2D eigenvalue weighted by Gasteiger charge is -2.24. The fraction of sp³-hybridized carbons (Fsp3) is 0.286. The summed E-state index contributed by atoms with van der Waals surface area (Å²) in [6.45, 7) is -1.07. The maximum Gasteiger partial charge on any atom is 0.329 e. The van der Waals surface area contributed by atoms with E-state index in [-0.39, 0.29) is 22.8 Å². The summed E-state index contributed by atoms with van der Waals surface area (Å²) in [5.74, 6) is -0.537. The number of thioether (sulfide) groups is 1. The molecule has 2 aromatic carbocycles. The lowest BCUT2D eigenvalue weighted by atomic mass is 10.2. The van der Waals surface area contributed by atoms with Crippen molar-refractivity contribution < 1.29 is 32.6 Å². The average Bonchev–Trinajstić information content (AvgIpc) is 3.20. The lowest BCUT2D eigenvalue weighted by molar-refractivity contribution is -0.143. The number of hydrogen-bond donors (Lipinski definition) is 1. The van der Waals surface area contributed by atoms with E-state index < -0.39 is 34.9 Å². The molecular weight excluding hydrogens is 456 g/mol. The van der Waals surface area contributed by atoms with Gasteiger partial charge in [-0.2, -0.15) is 4.99 Å². The van der Waals surface area contributed by atoms with Gasteiger partial charge in [0.15, 0.2) is 15.0 Å². The molecule has 0 unspecified atom stereocenters. The number of carbonyl (C=O) groups excluding carboxylic acids is 1. The van der Waals surface area contributed by atoms with Crippen LogP contribution in [0.2, 0.25) is 0 Å². The molecule has 0 saturated carbocycles. The summed E-state index contributed by atoms with van der Waals surface area (Å²) in [4.78, 5) is 28.6. The largest absolute Gasteiger partial charge is 0.480 e. The minimum atomic E-state index is -3.19. The SMILES string of the molecule is O=C(O)COCC(=O)N=C1S[C@@H]2CS(=O)(=O)C[C@@H]2N1c1ccc(Oc2ccccc2)cc1. The lowest BCUT2D eigenvalue weighted by Crippen LogP contribution is -2.37. The maximum absolute atomic E-state index is 12.2. The molecular formula is C21H20N2O7S2. The Balaban J connectivity index is 1.55. The van der Waals surface area contributed by atoms with Crippen LogP contribution in [0.15, 0.2) is 59.6 Å². The van der Waals surface area contributed by atoms with Gasteiger partial charge < -0.3 is 19.5 Å². The number of rotatable bonds is 7. The Labute approximate surface area is 189 Å². The molecule has 11 heteroatoms. The molecule has 2 saturated heterocycles. The summed E-state index contributed by atoms with van der Waals surface area (Å²) in [5.41, 5.74) is 0.681. The van der Waals surface area contributed by atoms with Crippen LogP contribution < -0.4 is 9.64 Å². The van der Waals surface area contributed by atoms with Crippen LogP contribution in [0.5, 0.6) is 11.5 Å². The van der Waals surface area contributed by atoms with E-state index in [0.717, 1.165) is 0 Å². The van der Waals surface area contributed by atoms with E-state index in [1.165, 1.54) is 11.8 Å². The Morgan fingerprint density at radius 1 is 1.03 bits per heavy atom. The van der Waals surface area contributed by atoms with E-state index in [9.17, 15) is 18.0 Å². The zero-order chi connectivity index (χ0) is 22.7. The van der Waals surface area contributed by atoms with E-state index in [1.54, 1.807) is 29.2 Å². The molecule has 4 rings (SSSR count). The highest BCUT2D eigenvalue weighted by atomic mass is 32.2. The molecule has 1 amide bonds. The number of hydrogen-bond acceptors (Lipinski definition) is 7. The van der Waals surface area contributed by atoms with Gasteiger partial charge in [0.2, 0.25) is 0 Å². The van der Waals surface area contributed by atoms with Gasteiger partial charge in [0.25, 0.3) is 5.91 Å². The van der Waals surface area contributed by atoms with E-state index in [0.29, 0.717) is 22.4 Å². The number of nitrogens with zero attached hydrogens (tertiary/aromatic N) is 2. The standard InChI is InChI=1S/C21H20N2O7S2/c24-19(10-29-11-20(25)26)22-21-23(17-12-32(27,28)13-18(17)31-21)14-6-8-16(9-7-14)30-15-4-2-1-3-5-15/h1-9,17-18H,10-13H2,(H,25,26)/t17-,18+/m0/s1. The number of amidine groups is 1. The van der Waals surface area contributed by atoms with Gasteiger partial charge in [-0.05, 0) is 36.4 Å². The van der Waals surface area contributed by atoms with Gasteiger partial charge in [-0.1, -0.05) is 30.0 Å². The van der Waals surface area contributed by atoms with Crippen molar-refractivity contribution in [3.8, 4) is 11.5 Å². The van der Waals surface area contributed by atoms with Crippen molar-refractivity contribution in [1.29, 1.82) is 0 Å². The number of amides is 1. The van der Waals surface area contributed by atoms with Crippen LogP contribution in [-0.2, 0) is 24.2 Å². The fourth-order valence-corrected chi connectivity index (χ4v) is 7.46. The number of aliphatic carboxylic acids is 1. The highest BCUT2D eigenvalue weighted by Crippen LogP contribution is 2.41. The van der Waals surface area contributed by atoms with E-state index in [4.69, 9.17) is 14.6 Å². The third-order valence-corrected chi connectivity index (χ3v) is 8.04. The second-order valence-electron chi connectivity index (χ2n) is 7.25. The van der Waals surface area contributed by atoms with Crippen molar-refractivity contribution in [3.05, 3.63) is 54.6 Å². The number of ether oxygens (including phenoxy) is 2. The Kier molecular flexibility index (Phi) is 6.49. The molecule has 2 aliphatic rings. The third-order valence-electron chi connectivity index (χ3n) is 4.83. The molecule has 2 fully saturated rings. The van der Waals surface area contributed by atoms with Crippen molar-refractivity contribution in [2.75, 3.05) is 29.6 Å². The van der Waals surface area contributed by atoms with Gasteiger partial charge in [-0.25, -0.2) is 13.2 Å². The number of para-hydroxylation sites is 1. The van der Waals surface area contributed by atoms with E-state index >= 15 is 0 Å². The first kappa shape index (κ1) is 22.3. The number of carbonyl (C=O) groups is 2. The van der Waals surface area contributed by atoms with Crippen molar-refractivity contribution in [3.63, 3.8) is 0 Å². The number of benzene rings is 2.